The summed E-state index contributed by atoms with van der Waals surface area (Å²) >= 11 is 0. The van der Waals surface area contributed by atoms with Crippen molar-refractivity contribution in [2.24, 2.45) is 0 Å². The average molecular weight is 351 g/mol. The predicted octanol–water partition coefficient (Wildman–Crippen LogP) is 1.31. The number of aromatic nitrogens is 3. The normalized spacial score (nSPS) is 12.0. The van der Waals surface area contributed by atoms with E-state index in [0.29, 0.717) is 17.4 Å². The van der Waals surface area contributed by atoms with E-state index in [1.54, 1.807) is 0 Å². The Hall–Kier alpha value is -2.68. The van der Waals surface area contributed by atoms with E-state index in [1.807, 2.05) is 13.8 Å². The van der Waals surface area contributed by atoms with Crippen LogP contribution in [0.4, 0.5) is 9.18 Å². The second-order valence-corrected chi connectivity index (χ2v) is 5.78. The summed E-state index contributed by atoms with van der Waals surface area (Å²) in [5.74, 6) is 1.52. The number of carbonyl (C=O) groups excluding carboxylic acids is 1. The molecule has 2 rings (SSSR count). The fourth-order valence-electron chi connectivity index (χ4n) is 1.87. The molecule has 1 unspecified atom stereocenters. The van der Waals surface area contributed by atoms with E-state index < -0.39 is 12.1 Å². The molecular formula is C16H22FN5O3. The van der Waals surface area contributed by atoms with Crippen LogP contribution >= 0.6 is 0 Å². The maximum absolute atomic E-state index is 12.8. The number of H-pyrrole nitrogens is 1. The first-order valence-corrected chi connectivity index (χ1v) is 7.93. The lowest BCUT2D eigenvalue weighted by Gasteiger charge is -2.13. The summed E-state index contributed by atoms with van der Waals surface area (Å²) in [7, 11) is 0. The molecule has 8 nitrogen and oxygen atoms in total. The number of nitrogens with zero attached hydrogens (tertiary/aromatic N) is 2. The van der Waals surface area contributed by atoms with Gasteiger partial charge in [0.15, 0.2) is 5.82 Å². The zero-order valence-electron chi connectivity index (χ0n) is 14.1. The highest BCUT2D eigenvalue weighted by Crippen LogP contribution is 2.11. The van der Waals surface area contributed by atoms with Crippen LogP contribution in [-0.2, 0) is 6.54 Å². The van der Waals surface area contributed by atoms with E-state index >= 15 is 0 Å². The first-order valence-electron chi connectivity index (χ1n) is 7.93. The smallest absolute Gasteiger partial charge is 0.315 e. The summed E-state index contributed by atoms with van der Waals surface area (Å²) in [6.07, 6.45) is -0.895. The third-order valence-corrected chi connectivity index (χ3v) is 3.24. The summed E-state index contributed by atoms with van der Waals surface area (Å²) in [5.41, 5.74) is 0. The molecule has 0 aliphatic heterocycles. The van der Waals surface area contributed by atoms with Crippen molar-refractivity contribution < 1.29 is 19.0 Å². The van der Waals surface area contributed by atoms with Crippen molar-refractivity contribution in [1.29, 1.82) is 0 Å². The summed E-state index contributed by atoms with van der Waals surface area (Å²) in [6, 6.07) is 5.02. The van der Waals surface area contributed by atoms with Crippen molar-refractivity contribution in [3.63, 3.8) is 0 Å². The number of hydrogen-bond donors (Lipinski definition) is 4. The minimum absolute atomic E-state index is 0.0146. The van der Waals surface area contributed by atoms with Gasteiger partial charge in [0.1, 0.15) is 30.1 Å². The maximum atomic E-state index is 12.8. The Bertz CT molecular complexity index is 675. The molecule has 9 heteroatoms. The number of benzene rings is 1. The number of ether oxygens (including phenoxy) is 1. The number of aliphatic hydroxyl groups is 1. The number of aromatic amines is 1. The Labute approximate surface area is 144 Å². The molecule has 136 valence electrons. The fraction of sp³-hybridized carbons (Fsp3) is 0.438. The quantitative estimate of drug-likeness (QED) is 0.573. The second kappa shape index (κ2) is 8.97. The molecule has 0 saturated heterocycles. The lowest BCUT2D eigenvalue weighted by atomic mass is 10.2. The molecule has 2 aromatic rings. The highest BCUT2D eigenvalue weighted by Gasteiger charge is 2.10. The van der Waals surface area contributed by atoms with Gasteiger partial charge in [0, 0.05) is 12.5 Å². The standard InChI is InChI=1S/C16H22FN5O3/c1-10(2)15-20-14(21-22-15)8-19-16(24)18-7-12(23)9-25-13-5-3-11(17)4-6-13/h3-6,10,12,23H,7-9H2,1-2H3,(H2,18,19,24)(H,20,21,22). The SMILES string of the molecule is CC(C)c1n[nH]c(CNC(=O)NCC(O)COc2ccc(F)cc2)n1. The number of aliphatic hydroxyl groups excluding tert-OH is 1. The molecule has 4 N–H and O–H groups in total. The predicted molar refractivity (Wildman–Crippen MR) is 88.6 cm³/mol. The van der Waals surface area contributed by atoms with Crippen LogP contribution in [0.2, 0.25) is 0 Å². The van der Waals surface area contributed by atoms with E-state index in [2.05, 4.69) is 25.8 Å². The Morgan fingerprint density at radius 2 is 2.04 bits per heavy atom. The molecule has 1 atom stereocenters. The Balaban J connectivity index is 1.64. The molecule has 0 aliphatic carbocycles. The first-order chi connectivity index (χ1) is 11.9. The summed E-state index contributed by atoms with van der Waals surface area (Å²) in [4.78, 5) is 15.9. The van der Waals surface area contributed by atoms with Gasteiger partial charge in [0.25, 0.3) is 0 Å². The molecule has 1 aromatic carbocycles. The van der Waals surface area contributed by atoms with Crippen molar-refractivity contribution in [2.45, 2.75) is 32.4 Å². The van der Waals surface area contributed by atoms with Crippen molar-refractivity contribution in [3.05, 3.63) is 41.7 Å². The van der Waals surface area contributed by atoms with Gasteiger partial charge in [-0.2, -0.15) is 5.10 Å². The maximum Gasteiger partial charge on any atom is 0.315 e. The van der Waals surface area contributed by atoms with Gasteiger partial charge in [0.05, 0.1) is 6.54 Å². The van der Waals surface area contributed by atoms with Crippen LogP contribution in [0.25, 0.3) is 0 Å². The zero-order chi connectivity index (χ0) is 18.2. The minimum Gasteiger partial charge on any atom is -0.491 e. The van der Waals surface area contributed by atoms with Crippen LogP contribution < -0.4 is 15.4 Å². The number of hydrogen-bond acceptors (Lipinski definition) is 5. The molecule has 0 aliphatic rings. The van der Waals surface area contributed by atoms with Gasteiger partial charge in [-0.15, -0.1) is 0 Å². The number of halogens is 1. The van der Waals surface area contributed by atoms with E-state index in [9.17, 15) is 14.3 Å². The van der Waals surface area contributed by atoms with Gasteiger partial charge in [-0.3, -0.25) is 5.10 Å². The molecule has 0 saturated carbocycles. The molecule has 0 spiro atoms. The van der Waals surface area contributed by atoms with E-state index in [0.717, 1.165) is 0 Å². The Kier molecular flexibility index (Phi) is 6.70. The summed E-state index contributed by atoms with van der Waals surface area (Å²) in [5, 5.41) is 21.7. The molecule has 0 fully saturated rings. The first kappa shape index (κ1) is 18.7. The fourth-order valence-corrected chi connectivity index (χ4v) is 1.87. The van der Waals surface area contributed by atoms with Crippen LogP contribution in [-0.4, -0.2) is 45.6 Å². The number of rotatable bonds is 8. The molecule has 0 radical (unpaired) electrons. The van der Waals surface area contributed by atoms with Crippen LogP contribution in [0.1, 0.15) is 31.4 Å². The van der Waals surface area contributed by atoms with Gasteiger partial charge in [-0.05, 0) is 24.3 Å². The van der Waals surface area contributed by atoms with E-state index in [4.69, 9.17) is 4.74 Å². The topological polar surface area (TPSA) is 112 Å². The molecule has 25 heavy (non-hydrogen) atoms. The number of urea groups is 1. The van der Waals surface area contributed by atoms with Crippen molar-refractivity contribution in [1.82, 2.24) is 25.8 Å². The van der Waals surface area contributed by atoms with Gasteiger partial charge >= 0.3 is 6.03 Å². The molecule has 0 bridgehead atoms. The summed E-state index contributed by atoms with van der Waals surface area (Å²) < 4.78 is 18.1. The monoisotopic (exact) mass is 351 g/mol. The van der Waals surface area contributed by atoms with Crippen LogP contribution in [0.5, 0.6) is 5.75 Å². The van der Waals surface area contributed by atoms with Gasteiger partial charge in [-0.1, -0.05) is 13.8 Å². The average Bonchev–Trinajstić information content (AvgIpc) is 3.07. The summed E-state index contributed by atoms with van der Waals surface area (Å²) in [6.45, 7) is 4.14. The molecular weight excluding hydrogens is 329 g/mol. The van der Waals surface area contributed by atoms with Gasteiger partial charge < -0.3 is 20.5 Å². The van der Waals surface area contributed by atoms with E-state index in [-0.39, 0.29) is 31.4 Å². The van der Waals surface area contributed by atoms with E-state index in [1.165, 1.54) is 24.3 Å². The zero-order valence-corrected chi connectivity index (χ0v) is 14.1. The number of nitrogens with one attached hydrogen (secondary N) is 3. The second-order valence-electron chi connectivity index (χ2n) is 5.78. The molecule has 1 heterocycles. The highest BCUT2D eigenvalue weighted by molar-refractivity contribution is 5.73. The minimum atomic E-state index is -0.895. The van der Waals surface area contributed by atoms with Crippen LogP contribution in [0, 0.1) is 5.82 Å². The molecule has 1 aromatic heterocycles. The van der Waals surface area contributed by atoms with Crippen molar-refractivity contribution in [2.75, 3.05) is 13.2 Å². The highest BCUT2D eigenvalue weighted by atomic mass is 19.1. The van der Waals surface area contributed by atoms with Gasteiger partial charge in [0.2, 0.25) is 0 Å². The largest absolute Gasteiger partial charge is 0.491 e. The molecule has 2 amide bonds. The third kappa shape index (κ3) is 6.38. The van der Waals surface area contributed by atoms with Crippen molar-refractivity contribution in [3.8, 4) is 5.75 Å². The van der Waals surface area contributed by atoms with Gasteiger partial charge in [-0.25, -0.2) is 14.2 Å². The third-order valence-electron chi connectivity index (χ3n) is 3.24. The lowest BCUT2D eigenvalue weighted by molar-refractivity contribution is 0.107. The Morgan fingerprint density at radius 1 is 1.32 bits per heavy atom. The Morgan fingerprint density at radius 3 is 2.68 bits per heavy atom. The van der Waals surface area contributed by atoms with Crippen LogP contribution in [0.3, 0.4) is 0 Å². The number of amides is 2. The van der Waals surface area contributed by atoms with Crippen LogP contribution in [0.15, 0.2) is 24.3 Å². The lowest BCUT2D eigenvalue weighted by Crippen LogP contribution is -2.41. The number of carbonyl (C=O) groups is 1. The van der Waals surface area contributed by atoms with Crippen molar-refractivity contribution >= 4 is 6.03 Å².